The van der Waals surface area contributed by atoms with Crippen molar-refractivity contribution in [1.82, 2.24) is 0 Å². The van der Waals surface area contributed by atoms with E-state index in [2.05, 4.69) is 14.1 Å². The summed E-state index contributed by atoms with van der Waals surface area (Å²) in [7, 11) is 1.33. The minimum atomic E-state index is -0.480. The van der Waals surface area contributed by atoms with E-state index in [9.17, 15) is 14.9 Å². The molecule has 0 spiro atoms. The van der Waals surface area contributed by atoms with E-state index in [4.69, 9.17) is 4.74 Å². The van der Waals surface area contributed by atoms with Gasteiger partial charge in [0.05, 0.1) is 29.1 Å². The van der Waals surface area contributed by atoms with Crippen LogP contribution in [0.4, 0.5) is 5.69 Å². The van der Waals surface area contributed by atoms with Gasteiger partial charge in [-0.05, 0) is 41.8 Å². The summed E-state index contributed by atoms with van der Waals surface area (Å²) >= 11 is 1.28. The Kier molecular flexibility index (Phi) is 5.28. The number of hydrogen-bond donors (Lipinski definition) is 0. The van der Waals surface area contributed by atoms with Gasteiger partial charge in [-0.3, -0.25) is 10.1 Å². The second-order valence-corrected chi connectivity index (χ2v) is 5.86. The van der Waals surface area contributed by atoms with Gasteiger partial charge in [-0.1, -0.05) is 12.1 Å². The molecule has 0 N–H and O–H groups in total. The number of aliphatic imine (C=N–C) groups is 1. The number of nitrogens with zero attached hydrogens (tertiary/aromatic N) is 3. The predicted molar refractivity (Wildman–Crippen MR) is 97.9 cm³/mol. The monoisotopic (exact) mass is 371 g/mol. The second kappa shape index (κ2) is 7.79. The number of esters is 1. The van der Waals surface area contributed by atoms with Crippen LogP contribution in [0.5, 0.6) is 5.75 Å². The first-order chi connectivity index (χ1) is 12.6. The molecule has 1 aliphatic rings. The molecule has 3 rings (SSSR count). The molecule has 1 aliphatic heterocycles. The quantitative estimate of drug-likeness (QED) is 0.354. The molecule has 0 unspecified atom stereocenters. The summed E-state index contributed by atoms with van der Waals surface area (Å²) in [6.07, 6.45) is 0. The summed E-state index contributed by atoms with van der Waals surface area (Å²) < 4.78 is 14.4. The van der Waals surface area contributed by atoms with Crippen molar-refractivity contribution in [3.63, 3.8) is 0 Å². The van der Waals surface area contributed by atoms with E-state index in [0.29, 0.717) is 17.1 Å². The molecule has 0 saturated carbocycles. The summed E-state index contributed by atoms with van der Waals surface area (Å²) in [5.74, 6) is 0.561. The fourth-order valence-electron chi connectivity index (χ4n) is 2.16. The SMILES string of the molecule is COC(=O)c1ccc(C2=NC(Oc3ccc([N+](=O)[O-])cc3)=NSC2)cc1. The second-order valence-electron chi connectivity index (χ2n) is 5.13. The van der Waals surface area contributed by atoms with Crippen LogP contribution in [0.25, 0.3) is 0 Å². The molecule has 1 heterocycles. The number of amidine groups is 1. The number of rotatable bonds is 4. The highest BCUT2D eigenvalue weighted by Crippen LogP contribution is 2.21. The summed E-state index contributed by atoms with van der Waals surface area (Å²) in [6, 6.07) is 12.7. The van der Waals surface area contributed by atoms with Crippen molar-refractivity contribution < 1.29 is 19.2 Å². The molecule has 26 heavy (non-hydrogen) atoms. The molecular weight excluding hydrogens is 358 g/mol. The molecule has 0 bridgehead atoms. The van der Waals surface area contributed by atoms with E-state index >= 15 is 0 Å². The Labute approximate surface area is 152 Å². The van der Waals surface area contributed by atoms with Gasteiger partial charge in [-0.25, -0.2) is 4.79 Å². The Bertz CT molecular complexity index is 892. The van der Waals surface area contributed by atoms with Crippen molar-refractivity contribution in [2.45, 2.75) is 0 Å². The number of carbonyl (C=O) groups is 1. The third kappa shape index (κ3) is 4.06. The maximum Gasteiger partial charge on any atom is 0.337 e. The van der Waals surface area contributed by atoms with Gasteiger partial charge < -0.3 is 9.47 Å². The smallest absolute Gasteiger partial charge is 0.337 e. The number of methoxy groups -OCH3 is 1. The summed E-state index contributed by atoms with van der Waals surface area (Å²) in [6.45, 7) is 0. The van der Waals surface area contributed by atoms with Crippen LogP contribution in [0, 0.1) is 10.1 Å². The maximum atomic E-state index is 11.5. The summed E-state index contributed by atoms with van der Waals surface area (Å²) in [4.78, 5) is 26.1. The highest BCUT2D eigenvalue weighted by atomic mass is 32.2. The third-order valence-electron chi connectivity index (χ3n) is 3.47. The highest BCUT2D eigenvalue weighted by molar-refractivity contribution is 7.98. The van der Waals surface area contributed by atoms with Crippen LogP contribution in [0.3, 0.4) is 0 Å². The lowest BCUT2D eigenvalue weighted by Gasteiger charge is -2.12. The van der Waals surface area contributed by atoms with E-state index in [1.54, 1.807) is 24.3 Å². The minimum absolute atomic E-state index is 0.0211. The molecule has 2 aromatic rings. The van der Waals surface area contributed by atoms with Crippen molar-refractivity contribution in [3.05, 3.63) is 69.8 Å². The van der Waals surface area contributed by atoms with Crippen LogP contribution in [0.15, 0.2) is 57.9 Å². The zero-order chi connectivity index (χ0) is 18.5. The molecule has 132 valence electrons. The molecule has 2 aromatic carbocycles. The lowest BCUT2D eigenvalue weighted by atomic mass is 10.1. The Morgan fingerprint density at radius 2 is 1.85 bits per heavy atom. The van der Waals surface area contributed by atoms with Gasteiger partial charge in [0.1, 0.15) is 5.75 Å². The number of non-ortho nitro benzene ring substituents is 1. The Morgan fingerprint density at radius 3 is 2.46 bits per heavy atom. The first-order valence-corrected chi connectivity index (χ1v) is 8.39. The largest absolute Gasteiger partial charge is 0.465 e. The molecule has 0 amide bonds. The fourth-order valence-corrected chi connectivity index (χ4v) is 2.77. The molecule has 0 fully saturated rings. The summed E-state index contributed by atoms with van der Waals surface area (Å²) in [5, 5.41) is 10.7. The normalized spacial score (nSPS) is 13.4. The number of nitro groups is 1. The molecule has 0 aliphatic carbocycles. The van der Waals surface area contributed by atoms with Crippen molar-refractivity contribution >= 4 is 35.3 Å². The number of hydrogen-bond acceptors (Lipinski definition) is 8. The Hall–Kier alpha value is -3.20. The molecule has 0 aromatic heterocycles. The van der Waals surface area contributed by atoms with Crippen LogP contribution >= 0.6 is 11.9 Å². The molecular formula is C17H13N3O5S. The highest BCUT2D eigenvalue weighted by Gasteiger charge is 2.15. The van der Waals surface area contributed by atoms with Gasteiger partial charge in [0, 0.05) is 12.1 Å². The maximum absolute atomic E-state index is 11.5. The van der Waals surface area contributed by atoms with Gasteiger partial charge in [0.25, 0.3) is 5.69 Å². The number of nitro benzene ring substituents is 1. The topological polar surface area (TPSA) is 103 Å². The van der Waals surface area contributed by atoms with E-state index < -0.39 is 10.9 Å². The first-order valence-electron chi connectivity index (χ1n) is 7.45. The number of ether oxygens (including phenoxy) is 2. The van der Waals surface area contributed by atoms with Crippen LogP contribution in [-0.2, 0) is 4.74 Å². The van der Waals surface area contributed by atoms with Crippen LogP contribution < -0.4 is 4.74 Å². The van der Waals surface area contributed by atoms with Crippen LogP contribution in [0.1, 0.15) is 15.9 Å². The van der Waals surface area contributed by atoms with Crippen LogP contribution in [0.2, 0.25) is 0 Å². The van der Waals surface area contributed by atoms with E-state index in [-0.39, 0.29) is 11.7 Å². The van der Waals surface area contributed by atoms with Crippen molar-refractivity contribution in [1.29, 1.82) is 0 Å². The molecule has 0 atom stereocenters. The molecule has 0 saturated heterocycles. The van der Waals surface area contributed by atoms with Crippen LogP contribution in [-0.4, -0.2) is 35.5 Å². The van der Waals surface area contributed by atoms with Gasteiger partial charge in [0.15, 0.2) is 0 Å². The molecule has 8 nitrogen and oxygen atoms in total. The van der Waals surface area contributed by atoms with Gasteiger partial charge in [-0.15, -0.1) is 0 Å². The zero-order valence-corrected chi connectivity index (χ0v) is 14.4. The average Bonchev–Trinajstić information content (AvgIpc) is 2.68. The van der Waals surface area contributed by atoms with E-state index in [1.807, 2.05) is 0 Å². The predicted octanol–water partition coefficient (Wildman–Crippen LogP) is 3.27. The minimum Gasteiger partial charge on any atom is -0.465 e. The Balaban J connectivity index is 1.74. The van der Waals surface area contributed by atoms with E-state index in [0.717, 1.165) is 11.3 Å². The van der Waals surface area contributed by atoms with Crippen molar-refractivity contribution in [3.8, 4) is 5.75 Å². The standard InChI is InChI=1S/C17H13N3O5S/c1-24-16(21)12-4-2-11(3-5-12)15-10-26-19-17(18-15)25-14-8-6-13(7-9-14)20(22)23/h2-9H,10H2,1H3. The molecule has 0 radical (unpaired) electrons. The summed E-state index contributed by atoms with van der Waals surface area (Å²) in [5.41, 5.74) is 2.02. The van der Waals surface area contributed by atoms with Crippen molar-refractivity contribution in [2.75, 3.05) is 12.9 Å². The lowest BCUT2D eigenvalue weighted by Crippen LogP contribution is -2.16. The number of benzene rings is 2. The average molecular weight is 371 g/mol. The van der Waals surface area contributed by atoms with Gasteiger partial charge in [0.2, 0.25) is 0 Å². The Morgan fingerprint density at radius 1 is 1.15 bits per heavy atom. The fraction of sp³-hybridized carbons (Fsp3) is 0.118. The third-order valence-corrected chi connectivity index (χ3v) is 4.16. The number of carbonyl (C=O) groups excluding carboxylic acids is 1. The van der Waals surface area contributed by atoms with Gasteiger partial charge in [-0.2, -0.15) is 9.39 Å². The first kappa shape index (κ1) is 17.6. The lowest BCUT2D eigenvalue weighted by molar-refractivity contribution is -0.384. The molecule has 9 heteroatoms. The van der Waals surface area contributed by atoms with Gasteiger partial charge >= 0.3 is 12.0 Å². The van der Waals surface area contributed by atoms with Crippen molar-refractivity contribution in [2.24, 2.45) is 9.39 Å². The zero-order valence-electron chi connectivity index (χ0n) is 13.6. The van der Waals surface area contributed by atoms with E-state index in [1.165, 1.54) is 43.3 Å².